The summed E-state index contributed by atoms with van der Waals surface area (Å²) in [7, 11) is -2.04. The van der Waals surface area contributed by atoms with Crippen LogP contribution < -0.4 is 10.0 Å². The first-order valence-corrected chi connectivity index (χ1v) is 8.29. The average molecular weight is 300 g/mol. The van der Waals surface area contributed by atoms with Gasteiger partial charge in [0, 0.05) is 17.6 Å². The Morgan fingerprint density at radius 3 is 2.40 bits per heavy atom. The highest BCUT2D eigenvalue weighted by atomic mass is 32.2. The van der Waals surface area contributed by atoms with Gasteiger partial charge < -0.3 is 10.4 Å². The van der Waals surface area contributed by atoms with Crippen molar-refractivity contribution in [1.82, 2.24) is 4.72 Å². The van der Waals surface area contributed by atoms with Crippen LogP contribution in [0.3, 0.4) is 0 Å². The van der Waals surface area contributed by atoms with Crippen LogP contribution in [0.25, 0.3) is 0 Å². The van der Waals surface area contributed by atoms with E-state index in [0.29, 0.717) is 6.54 Å². The fourth-order valence-corrected chi connectivity index (χ4v) is 2.74. The Morgan fingerprint density at radius 1 is 1.25 bits per heavy atom. The number of hydrogen-bond acceptors (Lipinski definition) is 4. The van der Waals surface area contributed by atoms with Crippen molar-refractivity contribution in [2.75, 3.05) is 25.5 Å². The highest BCUT2D eigenvalue weighted by Gasteiger charge is 2.25. The van der Waals surface area contributed by atoms with Gasteiger partial charge in [-0.1, -0.05) is 19.9 Å². The van der Waals surface area contributed by atoms with E-state index in [4.69, 9.17) is 0 Å². The lowest BCUT2D eigenvalue weighted by Gasteiger charge is -2.30. The van der Waals surface area contributed by atoms with Crippen LogP contribution in [-0.2, 0) is 10.0 Å². The molecule has 0 amide bonds. The predicted molar refractivity (Wildman–Crippen MR) is 81.3 cm³/mol. The second kappa shape index (κ2) is 7.06. The molecule has 0 spiro atoms. The van der Waals surface area contributed by atoms with Gasteiger partial charge in [-0.05, 0) is 38.1 Å². The van der Waals surface area contributed by atoms with Crippen LogP contribution in [0.5, 0.6) is 0 Å². The molecule has 0 aliphatic heterocycles. The Balaban J connectivity index is 2.87. The van der Waals surface area contributed by atoms with E-state index in [2.05, 4.69) is 10.0 Å². The zero-order valence-electron chi connectivity index (χ0n) is 12.3. The van der Waals surface area contributed by atoms with Gasteiger partial charge in [-0.25, -0.2) is 13.1 Å². The first-order chi connectivity index (χ1) is 9.43. The molecule has 0 aliphatic carbocycles. The molecule has 0 radical (unpaired) electrons. The monoisotopic (exact) mass is 300 g/mol. The topological polar surface area (TPSA) is 78.4 Å². The number of nitrogens with one attached hydrogen (secondary N) is 2. The van der Waals surface area contributed by atoms with Crippen LogP contribution in [0.2, 0.25) is 0 Å². The van der Waals surface area contributed by atoms with Crippen molar-refractivity contribution in [1.29, 1.82) is 0 Å². The van der Waals surface area contributed by atoms with Gasteiger partial charge in [0.05, 0.1) is 11.5 Å². The lowest BCUT2D eigenvalue weighted by atomic mass is 9.83. The fraction of sp³-hybridized carbons (Fsp3) is 0.571. The van der Waals surface area contributed by atoms with Crippen molar-refractivity contribution < 1.29 is 13.5 Å². The quantitative estimate of drug-likeness (QED) is 0.684. The molecule has 3 N–H and O–H groups in total. The third-order valence-electron chi connectivity index (χ3n) is 3.92. The molecule has 114 valence electrons. The van der Waals surface area contributed by atoms with Crippen LogP contribution in [0.15, 0.2) is 29.2 Å². The van der Waals surface area contributed by atoms with E-state index in [-0.39, 0.29) is 16.9 Å². The summed E-state index contributed by atoms with van der Waals surface area (Å²) in [5.41, 5.74) is 0.568. The maximum atomic E-state index is 11.7. The second-order valence-electron chi connectivity index (χ2n) is 4.95. The molecule has 0 unspecified atom stereocenters. The van der Waals surface area contributed by atoms with Crippen molar-refractivity contribution in [2.24, 2.45) is 5.41 Å². The van der Waals surface area contributed by atoms with Crippen LogP contribution in [0.4, 0.5) is 5.69 Å². The van der Waals surface area contributed by atoms with Gasteiger partial charge in [0.2, 0.25) is 10.0 Å². The third kappa shape index (κ3) is 3.94. The van der Waals surface area contributed by atoms with E-state index in [9.17, 15) is 13.5 Å². The molecule has 1 aromatic carbocycles. The number of anilines is 1. The second-order valence-corrected chi connectivity index (χ2v) is 6.84. The molecular formula is C14H24N2O3S. The minimum atomic E-state index is -3.43. The zero-order chi connectivity index (χ0) is 15.2. The van der Waals surface area contributed by atoms with Crippen molar-refractivity contribution in [3.05, 3.63) is 24.3 Å². The van der Waals surface area contributed by atoms with Gasteiger partial charge in [-0.15, -0.1) is 0 Å². The first kappa shape index (κ1) is 16.9. The summed E-state index contributed by atoms with van der Waals surface area (Å²) < 4.78 is 25.8. The maximum Gasteiger partial charge on any atom is 0.240 e. The lowest BCUT2D eigenvalue weighted by Crippen LogP contribution is -2.32. The highest BCUT2D eigenvalue weighted by Crippen LogP contribution is 2.26. The Morgan fingerprint density at radius 2 is 1.90 bits per heavy atom. The van der Waals surface area contributed by atoms with Gasteiger partial charge >= 0.3 is 0 Å². The van der Waals surface area contributed by atoms with Gasteiger partial charge in [-0.2, -0.15) is 0 Å². The molecule has 1 rings (SSSR count). The van der Waals surface area contributed by atoms with Crippen molar-refractivity contribution in [3.63, 3.8) is 0 Å². The summed E-state index contributed by atoms with van der Waals surface area (Å²) in [6.45, 7) is 4.81. The molecule has 0 aliphatic rings. The minimum Gasteiger partial charge on any atom is -0.396 e. The molecule has 0 aromatic heterocycles. The number of aliphatic hydroxyl groups excluding tert-OH is 1. The summed E-state index contributed by atoms with van der Waals surface area (Å²) in [6.07, 6.45) is 1.73. The summed E-state index contributed by atoms with van der Waals surface area (Å²) in [4.78, 5) is 0.229. The highest BCUT2D eigenvalue weighted by molar-refractivity contribution is 7.89. The molecule has 0 saturated heterocycles. The average Bonchev–Trinajstić information content (AvgIpc) is 2.49. The standard InChI is InChI=1S/C14H24N2O3S/c1-4-14(5-2,11-17)10-16-12-7-6-8-13(9-12)20(18,19)15-3/h6-9,15-17H,4-5,10-11H2,1-3H3. The first-order valence-electron chi connectivity index (χ1n) is 6.81. The van der Waals surface area contributed by atoms with Crippen molar-refractivity contribution >= 4 is 15.7 Å². The van der Waals surface area contributed by atoms with E-state index < -0.39 is 10.0 Å². The Hall–Kier alpha value is -1.11. The molecule has 5 nitrogen and oxygen atoms in total. The van der Waals surface area contributed by atoms with Crippen molar-refractivity contribution in [3.8, 4) is 0 Å². The number of benzene rings is 1. The number of sulfonamides is 1. The molecular weight excluding hydrogens is 276 g/mol. The molecule has 1 aromatic rings. The minimum absolute atomic E-state index is 0.113. The van der Waals surface area contributed by atoms with E-state index in [1.807, 2.05) is 19.9 Å². The van der Waals surface area contributed by atoms with Crippen LogP contribution in [0.1, 0.15) is 26.7 Å². The number of rotatable bonds is 8. The van der Waals surface area contributed by atoms with Gasteiger partial charge in [0.25, 0.3) is 0 Å². The molecule has 0 saturated carbocycles. The van der Waals surface area contributed by atoms with Crippen LogP contribution >= 0.6 is 0 Å². The van der Waals surface area contributed by atoms with E-state index in [0.717, 1.165) is 18.5 Å². The van der Waals surface area contributed by atoms with E-state index >= 15 is 0 Å². The smallest absolute Gasteiger partial charge is 0.240 e. The lowest BCUT2D eigenvalue weighted by molar-refractivity contribution is 0.127. The summed E-state index contributed by atoms with van der Waals surface area (Å²) in [5, 5.41) is 12.8. The summed E-state index contributed by atoms with van der Waals surface area (Å²) in [6, 6.07) is 6.67. The SMILES string of the molecule is CCC(CC)(CO)CNc1cccc(S(=O)(=O)NC)c1. The van der Waals surface area contributed by atoms with Gasteiger partial charge in [0.15, 0.2) is 0 Å². The summed E-state index contributed by atoms with van der Waals surface area (Å²) in [5.74, 6) is 0. The molecule has 0 fully saturated rings. The Labute approximate surface area is 121 Å². The van der Waals surface area contributed by atoms with E-state index in [1.165, 1.54) is 7.05 Å². The molecule has 0 heterocycles. The third-order valence-corrected chi connectivity index (χ3v) is 5.33. The van der Waals surface area contributed by atoms with Gasteiger partial charge in [0.1, 0.15) is 0 Å². The maximum absolute atomic E-state index is 11.7. The molecule has 0 bridgehead atoms. The normalized spacial score (nSPS) is 12.4. The Bertz CT molecular complexity index is 517. The van der Waals surface area contributed by atoms with Crippen molar-refractivity contribution in [2.45, 2.75) is 31.6 Å². The fourth-order valence-electron chi connectivity index (χ4n) is 1.96. The summed E-state index contributed by atoms with van der Waals surface area (Å²) >= 11 is 0. The van der Waals surface area contributed by atoms with Crippen LogP contribution in [-0.4, -0.2) is 33.7 Å². The number of aliphatic hydroxyl groups is 1. The predicted octanol–water partition coefficient (Wildman–Crippen LogP) is 1.81. The number of hydrogen-bond donors (Lipinski definition) is 3. The Kier molecular flexibility index (Phi) is 5.98. The van der Waals surface area contributed by atoms with Gasteiger partial charge in [-0.3, -0.25) is 0 Å². The van der Waals surface area contributed by atoms with E-state index in [1.54, 1.807) is 18.2 Å². The largest absolute Gasteiger partial charge is 0.396 e. The van der Waals surface area contributed by atoms with Crippen LogP contribution in [0, 0.1) is 5.41 Å². The zero-order valence-corrected chi connectivity index (χ0v) is 13.1. The molecule has 20 heavy (non-hydrogen) atoms. The molecule has 0 atom stereocenters. The molecule has 6 heteroatoms.